The van der Waals surface area contributed by atoms with Gasteiger partial charge in [0.15, 0.2) is 0 Å². The van der Waals surface area contributed by atoms with Gasteiger partial charge in [0.1, 0.15) is 5.82 Å². The second-order valence-electron chi connectivity index (χ2n) is 5.83. The Kier molecular flexibility index (Phi) is 3.73. The van der Waals surface area contributed by atoms with Crippen LogP contribution in [-0.2, 0) is 0 Å². The van der Waals surface area contributed by atoms with Crippen molar-refractivity contribution in [2.45, 2.75) is 0 Å². The lowest BCUT2D eigenvalue weighted by atomic mass is 10.1. The molecular weight excluding hydrogens is 398 g/mol. The lowest BCUT2D eigenvalue weighted by molar-refractivity contribution is 0.0880. The third kappa shape index (κ3) is 2.53. The zero-order valence-corrected chi connectivity index (χ0v) is 14.9. The highest BCUT2D eigenvalue weighted by molar-refractivity contribution is 9.10. The van der Waals surface area contributed by atoms with E-state index in [4.69, 9.17) is 5.73 Å². The summed E-state index contributed by atoms with van der Waals surface area (Å²) in [5.74, 6) is -1.25. The maximum atomic E-state index is 12.4. The fourth-order valence-corrected chi connectivity index (χ4v) is 3.26. The number of amides is 2. The molecule has 0 spiro atoms. The van der Waals surface area contributed by atoms with Crippen LogP contribution in [0, 0.1) is 0 Å². The molecule has 7 heteroatoms. The molecule has 0 saturated heterocycles. The van der Waals surface area contributed by atoms with Crippen LogP contribution in [0.4, 0.5) is 5.82 Å². The number of fused-ring (bicyclic) bond motifs is 1. The molecule has 1 aromatic heterocycles. The molecule has 0 unspecified atom stereocenters. The first kappa shape index (κ1) is 16.3. The third-order valence-corrected chi connectivity index (χ3v) is 4.79. The molecular formula is C19H12BrN3O3. The summed E-state index contributed by atoms with van der Waals surface area (Å²) in [7, 11) is 0. The highest BCUT2D eigenvalue weighted by Gasteiger charge is 2.31. The fourth-order valence-electron chi connectivity index (χ4n) is 2.99. The van der Waals surface area contributed by atoms with E-state index in [1.54, 1.807) is 12.1 Å². The number of pyridine rings is 1. The molecule has 4 rings (SSSR count). The normalized spacial score (nSPS) is 12.8. The van der Waals surface area contributed by atoms with Gasteiger partial charge in [-0.3, -0.25) is 24.3 Å². The molecule has 2 heterocycles. The van der Waals surface area contributed by atoms with Crippen molar-refractivity contribution in [2.75, 3.05) is 5.73 Å². The van der Waals surface area contributed by atoms with E-state index in [0.717, 1.165) is 21.7 Å². The van der Waals surface area contributed by atoms with Crippen LogP contribution in [0.25, 0.3) is 16.8 Å². The number of carbonyl (C=O) groups is 2. The van der Waals surface area contributed by atoms with E-state index in [1.165, 1.54) is 4.57 Å². The van der Waals surface area contributed by atoms with Crippen molar-refractivity contribution >= 4 is 33.6 Å². The van der Waals surface area contributed by atoms with Crippen LogP contribution in [0.3, 0.4) is 0 Å². The standard InChI is InChI=1S/C19H12BrN3O3/c20-12-5-1-10(2-6-12)11-3-7-13(8-4-11)23-15(24)9-14-16(17(23)21)19(26)22-18(14)25/h1-9H,21H2,(H,22,25,26). The Labute approximate surface area is 156 Å². The Hall–Kier alpha value is -3.19. The number of halogens is 1. The van der Waals surface area contributed by atoms with Gasteiger partial charge < -0.3 is 5.73 Å². The van der Waals surface area contributed by atoms with Gasteiger partial charge in [0, 0.05) is 10.5 Å². The zero-order valence-electron chi connectivity index (χ0n) is 13.3. The topological polar surface area (TPSA) is 94.2 Å². The van der Waals surface area contributed by atoms with Crippen molar-refractivity contribution in [3.05, 3.63) is 80.6 Å². The number of hydrogen-bond donors (Lipinski definition) is 2. The number of rotatable bonds is 2. The first-order chi connectivity index (χ1) is 12.5. The molecule has 0 atom stereocenters. The lowest BCUT2D eigenvalue weighted by Gasteiger charge is -2.12. The summed E-state index contributed by atoms with van der Waals surface area (Å²) in [6, 6.07) is 16.2. The highest BCUT2D eigenvalue weighted by Crippen LogP contribution is 2.26. The Balaban J connectivity index is 1.81. The summed E-state index contributed by atoms with van der Waals surface area (Å²) in [5.41, 5.74) is 8.13. The molecule has 0 aliphatic carbocycles. The van der Waals surface area contributed by atoms with Crippen molar-refractivity contribution in [1.82, 2.24) is 9.88 Å². The maximum Gasteiger partial charge on any atom is 0.262 e. The summed E-state index contributed by atoms with van der Waals surface area (Å²) in [5, 5.41) is 2.15. The van der Waals surface area contributed by atoms with E-state index >= 15 is 0 Å². The summed E-state index contributed by atoms with van der Waals surface area (Å²) in [4.78, 5) is 36.1. The Morgan fingerprint density at radius 1 is 0.846 bits per heavy atom. The molecule has 3 aromatic rings. The van der Waals surface area contributed by atoms with Crippen LogP contribution < -0.4 is 16.6 Å². The molecule has 3 N–H and O–H groups in total. The third-order valence-electron chi connectivity index (χ3n) is 4.26. The molecule has 128 valence electrons. The van der Waals surface area contributed by atoms with Crippen LogP contribution in [0.1, 0.15) is 20.7 Å². The molecule has 1 aliphatic heterocycles. The van der Waals surface area contributed by atoms with Gasteiger partial charge in [0.2, 0.25) is 0 Å². The van der Waals surface area contributed by atoms with Gasteiger partial charge in [-0.1, -0.05) is 40.2 Å². The molecule has 0 saturated carbocycles. The minimum Gasteiger partial charge on any atom is -0.384 e. The summed E-state index contributed by atoms with van der Waals surface area (Å²) in [6.07, 6.45) is 0. The molecule has 1 aliphatic rings. The van der Waals surface area contributed by atoms with E-state index in [1.807, 2.05) is 36.4 Å². The number of aromatic nitrogens is 1. The number of nitrogens with zero attached hydrogens (tertiary/aromatic N) is 1. The van der Waals surface area contributed by atoms with Crippen molar-refractivity contribution in [2.24, 2.45) is 0 Å². The Bertz CT molecular complexity index is 1120. The van der Waals surface area contributed by atoms with Crippen molar-refractivity contribution in [3.8, 4) is 16.8 Å². The largest absolute Gasteiger partial charge is 0.384 e. The minimum atomic E-state index is -0.605. The molecule has 0 fully saturated rings. The smallest absolute Gasteiger partial charge is 0.262 e. The lowest BCUT2D eigenvalue weighted by Crippen LogP contribution is -2.24. The van der Waals surface area contributed by atoms with Crippen molar-refractivity contribution < 1.29 is 9.59 Å². The summed E-state index contributed by atoms with van der Waals surface area (Å²) in [6.45, 7) is 0. The van der Waals surface area contributed by atoms with Gasteiger partial charge >= 0.3 is 0 Å². The molecule has 0 radical (unpaired) electrons. The van der Waals surface area contributed by atoms with Crippen LogP contribution >= 0.6 is 15.9 Å². The Morgan fingerprint density at radius 3 is 2.04 bits per heavy atom. The van der Waals surface area contributed by atoms with Gasteiger partial charge in [0.05, 0.1) is 16.8 Å². The summed E-state index contributed by atoms with van der Waals surface area (Å²) >= 11 is 3.40. The number of nitrogens with two attached hydrogens (primary N) is 1. The average molecular weight is 410 g/mol. The zero-order chi connectivity index (χ0) is 18.4. The van der Waals surface area contributed by atoms with Gasteiger partial charge in [-0.05, 0) is 35.4 Å². The van der Waals surface area contributed by atoms with Crippen LogP contribution in [-0.4, -0.2) is 16.4 Å². The number of carbonyl (C=O) groups excluding carboxylic acids is 2. The van der Waals surface area contributed by atoms with Crippen LogP contribution in [0.5, 0.6) is 0 Å². The van der Waals surface area contributed by atoms with Gasteiger partial charge in [0.25, 0.3) is 17.4 Å². The highest BCUT2D eigenvalue weighted by atomic mass is 79.9. The van der Waals surface area contributed by atoms with E-state index < -0.39 is 17.4 Å². The number of benzene rings is 2. The Morgan fingerprint density at radius 2 is 1.42 bits per heavy atom. The number of imide groups is 1. The predicted molar refractivity (Wildman–Crippen MR) is 101 cm³/mol. The fraction of sp³-hybridized carbons (Fsp3) is 0. The van der Waals surface area contributed by atoms with E-state index in [2.05, 4.69) is 21.2 Å². The number of hydrogen-bond acceptors (Lipinski definition) is 4. The molecule has 2 amide bonds. The second-order valence-corrected chi connectivity index (χ2v) is 6.74. The quantitative estimate of drug-likeness (QED) is 0.636. The molecule has 26 heavy (non-hydrogen) atoms. The maximum absolute atomic E-state index is 12.4. The van der Waals surface area contributed by atoms with E-state index in [-0.39, 0.29) is 16.9 Å². The van der Waals surface area contributed by atoms with Crippen molar-refractivity contribution in [3.63, 3.8) is 0 Å². The van der Waals surface area contributed by atoms with E-state index in [9.17, 15) is 14.4 Å². The predicted octanol–water partition coefficient (Wildman–Crippen LogP) is 2.73. The molecule has 2 aromatic carbocycles. The van der Waals surface area contributed by atoms with Crippen molar-refractivity contribution in [1.29, 1.82) is 0 Å². The first-order valence-corrected chi connectivity index (χ1v) is 8.52. The number of nitrogens with one attached hydrogen (secondary N) is 1. The first-order valence-electron chi connectivity index (χ1n) is 7.73. The summed E-state index contributed by atoms with van der Waals surface area (Å²) < 4.78 is 2.21. The second kappa shape index (κ2) is 5.96. The minimum absolute atomic E-state index is 0.0141. The van der Waals surface area contributed by atoms with Gasteiger partial charge in [-0.2, -0.15) is 0 Å². The monoisotopic (exact) mass is 409 g/mol. The van der Waals surface area contributed by atoms with Crippen LogP contribution in [0.15, 0.2) is 63.9 Å². The van der Waals surface area contributed by atoms with Gasteiger partial charge in [-0.25, -0.2) is 0 Å². The number of nitrogen functional groups attached to an aromatic ring is 1. The van der Waals surface area contributed by atoms with E-state index in [0.29, 0.717) is 5.69 Å². The molecule has 0 bridgehead atoms. The average Bonchev–Trinajstić information content (AvgIpc) is 2.90. The van der Waals surface area contributed by atoms with Gasteiger partial charge in [-0.15, -0.1) is 0 Å². The molecule has 6 nitrogen and oxygen atoms in total. The number of anilines is 1. The van der Waals surface area contributed by atoms with Crippen LogP contribution in [0.2, 0.25) is 0 Å². The SMILES string of the molecule is Nc1c2c(cc(=O)n1-c1ccc(-c3ccc(Br)cc3)cc1)C(=O)NC2=O.